The monoisotopic (exact) mass is 304 g/mol. The highest BCUT2D eigenvalue weighted by molar-refractivity contribution is 6.40. The van der Waals surface area contributed by atoms with Crippen LogP contribution in [0.2, 0.25) is 0 Å². The van der Waals surface area contributed by atoms with Crippen LogP contribution in [0.5, 0.6) is 0 Å². The molecule has 1 unspecified atom stereocenters. The molecule has 1 aliphatic rings. The van der Waals surface area contributed by atoms with Crippen molar-refractivity contribution in [3.63, 3.8) is 0 Å². The van der Waals surface area contributed by atoms with Gasteiger partial charge in [0.15, 0.2) is 0 Å². The first-order chi connectivity index (χ1) is 10.6. The summed E-state index contributed by atoms with van der Waals surface area (Å²) >= 11 is 0. The Labute approximate surface area is 129 Å². The molecule has 0 spiro atoms. The fraction of sp³-hybridized carbons (Fsp3) is 0.400. The molecule has 2 amide bonds. The molecule has 1 atom stereocenters. The summed E-state index contributed by atoms with van der Waals surface area (Å²) in [6.07, 6.45) is 0.928. The summed E-state index contributed by atoms with van der Waals surface area (Å²) in [5, 5.41) is 8.53. The molecule has 0 aromatic heterocycles. The molecule has 0 saturated heterocycles. The van der Waals surface area contributed by atoms with Crippen LogP contribution >= 0.6 is 0 Å². The van der Waals surface area contributed by atoms with Gasteiger partial charge >= 0.3 is 0 Å². The van der Waals surface area contributed by atoms with E-state index in [9.17, 15) is 9.59 Å². The van der Waals surface area contributed by atoms with Crippen molar-refractivity contribution in [2.45, 2.75) is 18.9 Å². The minimum atomic E-state index is -0.637. The van der Waals surface area contributed by atoms with Crippen LogP contribution in [-0.4, -0.2) is 43.8 Å². The molecule has 0 fully saturated rings. The van der Waals surface area contributed by atoms with E-state index in [1.165, 1.54) is 5.01 Å². The van der Waals surface area contributed by atoms with Crippen molar-refractivity contribution in [2.75, 3.05) is 25.3 Å². The van der Waals surface area contributed by atoms with Crippen LogP contribution in [0.1, 0.15) is 12.8 Å². The Morgan fingerprint density at radius 3 is 2.77 bits per heavy atom. The molecule has 0 saturated carbocycles. The maximum atomic E-state index is 12.1. The van der Waals surface area contributed by atoms with Gasteiger partial charge in [0.05, 0.1) is 5.69 Å². The topological polar surface area (TPSA) is 97.0 Å². The van der Waals surface area contributed by atoms with Crippen molar-refractivity contribution in [3.8, 4) is 0 Å². The lowest BCUT2D eigenvalue weighted by Crippen LogP contribution is -2.40. The Hall–Kier alpha value is -2.41. The van der Waals surface area contributed by atoms with E-state index in [2.05, 4.69) is 10.4 Å². The van der Waals surface area contributed by atoms with Gasteiger partial charge in [0, 0.05) is 26.7 Å². The Balaban J connectivity index is 2.06. The molecule has 1 aromatic rings. The fourth-order valence-corrected chi connectivity index (χ4v) is 2.21. The highest BCUT2D eigenvalue weighted by atomic mass is 16.5. The number of carbonyl (C=O) groups is 2. The number of benzene rings is 1. The molecule has 0 radical (unpaired) electrons. The second-order valence-electron chi connectivity index (χ2n) is 4.95. The number of primary amides is 1. The number of ether oxygens (including phenoxy) is 1. The summed E-state index contributed by atoms with van der Waals surface area (Å²) in [4.78, 5) is 23.7. The van der Waals surface area contributed by atoms with Gasteiger partial charge in [-0.3, -0.25) is 14.6 Å². The zero-order valence-electron chi connectivity index (χ0n) is 12.5. The van der Waals surface area contributed by atoms with E-state index < -0.39 is 11.9 Å². The number of carbonyl (C=O) groups excluding carboxylic acids is 2. The van der Waals surface area contributed by atoms with Gasteiger partial charge in [-0.1, -0.05) is 18.2 Å². The summed E-state index contributed by atoms with van der Waals surface area (Å²) in [6, 6.07) is 8.54. The number of amides is 2. The Morgan fingerprint density at radius 2 is 2.14 bits per heavy atom. The molecular formula is C15H20N4O3. The minimum Gasteiger partial charge on any atom is -0.385 e. The second-order valence-corrected chi connectivity index (χ2v) is 4.95. The molecule has 1 aromatic carbocycles. The zero-order chi connectivity index (χ0) is 15.9. The molecule has 0 aliphatic carbocycles. The number of rotatable bonds is 7. The van der Waals surface area contributed by atoms with E-state index in [0.29, 0.717) is 18.9 Å². The van der Waals surface area contributed by atoms with Gasteiger partial charge in [-0.15, -0.1) is 0 Å². The van der Waals surface area contributed by atoms with E-state index in [4.69, 9.17) is 10.5 Å². The van der Waals surface area contributed by atoms with Crippen LogP contribution in [-0.2, 0) is 14.3 Å². The number of hydrogen-bond acceptors (Lipinski definition) is 5. The fourth-order valence-electron chi connectivity index (χ4n) is 2.21. The summed E-state index contributed by atoms with van der Waals surface area (Å²) in [6.45, 7) is 1.07. The third kappa shape index (κ3) is 3.82. The number of nitrogens with two attached hydrogens (primary N) is 1. The molecule has 3 N–H and O–H groups in total. The number of hydrogen-bond donors (Lipinski definition) is 2. The Morgan fingerprint density at radius 1 is 1.41 bits per heavy atom. The molecule has 0 bridgehead atoms. The Bertz CT molecular complexity index is 559. The van der Waals surface area contributed by atoms with Crippen molar-refractivity contribution >= 4 is 23.2 Å². The maximum Gasteiger partial charge on any atom is 0.267 e. The molecular weight excluding hydrogens is 284 g/mol. The molecule has 1 heterocycles. The van der Waals surface area contributed by atoms with Gasteiger partial charge in [0.25, 0.3) is 5.91 Å². The smallest absolute Gasteiger partial charge is 0.267 e. The van der Waals surface area contributed by atoms with Crippen LogP contribution in [0.15, 0.2) is 35.4 Å². The predicted molar refractivity (Wildman–Crippen MR) is 83.5 cm³/mol. The van der Waals surface area contributed by atoms with Crippen molar-refractivity contribution in [3.05, 3.63) is 30.3 Å². The normalized spacial score (nSPS) is 17.2. The average molecular weight is 304 g/mol. The van der Waals surface area contributed by atoms with E-state index in [1.54, 1.807) is 7.11 Å². The SMILES string of the molecule is COCCCNC(=O)C1=NN(c2ccccc2)C(C(N)=O)C1. The number of hydrazone groups is 1. The zero-order valence-corrected chi connectivity index (χ0v) is 12.5. The van der Waals surface area contributed by atoms with Crippen molar-refractivity contribution in [1.82, 2.24) is 5.32 Å². The van der Waals surface area contributed by atoms with Crippen molar-refractivity contribution in [1.29, 1.82) is 0 Å². The number of anilines is 1. The first kappa shape index (κ1) is 16.0. The van der Waals surface area contributed by atoms with Gasteiger partial charge < -0.3 is 15.8 Å². The van der Waals surface area contributed by atoms with Gasteiger partial charge in [0.1, 0.15) is 11.8 Å². The van der Waals surface area contributed by atoms with Gasteiger partial charge in [0.2, 0.25) is 5.91 Å². The highest BCUT2D eigenvalue weighted by Crippen LogP contribution is 2.24. The van der Waals surface area contributed by atoms with Gasteiger partial charge in [-0.2, -0.15) is 5.10 Å². The van der Waals surface area contributed by atoms with Crippen LogP contribution in [0.3, 0.4) is 0 Å². The third-order valence-electron chi connectivity index (χ3n) is 3.33. The lowest BCUT2D eigenvalue weighted by molar-refractivity contribution is -0.119. The van der Waals surface area contributed by atoms with E-state index in [0.717, 1.165) is 12.1 Å². The van der Waals surface area contributed by atoms with Gasteiger partial charge in [-0.05, 0) is 18.6 Å². The molecule has 118 valence electrons. The number of methoxy groups -OCH3 is 1. The summed E-state index contributed by atoms with van der Waals surface area (Å²) in [5.74, 6) is -0.782. The van der Waals surface area contributed by atoms with Crippen molar-refractivity contribution in [2.24, 2.45) is 10.8 Å². The number of nitrogens with one attached hydrogen (secondary N) is 1. The lowest BCUT2D eigenvalue weighted by atomic mass is 10.1. The van der Waals surface area contributed by atoms with E-state index in [-0.39, 0.29) is 12.3 Å². The summed E-state index contributed by atoms with van der Waals surface area (Å²) in [7, 11) is 1.61. The number of para-hydroxylation sites is 1. The predicted octanol–water partition coefficient (Wildman–Crippen LogP) is 0.259. The number of nitrogens with zero attached hydrogens (tertiary/aromatic N) is 2. The van der Waals surface area contributed by atoms with Crippen LogP contribution in [0.4, 0.5) is 5.69 Å². The summed E-state index contributed by atoms with van der Waals surface area (Å²) < 4.78 is 4.92. The molecule has 7 heteroatoms. The third-order valence-corrected chi connectivity index (χ3v) is 3.33. The molecule has 1 aliphatic heterocycles. The lowest BCUT2D eigenvalue weighted by Gasteiger charge is -2.20. The van der Waals surface area contributed by atoms with Crippen LogP contribution < -0.4 is 16.1 Å². The molecule has 7 nitrogen and oxygen atoms in total. The minimum absolute atomic E-state index is 0.209. The maximum absolute atomic E-state index is 12.1. The first-order valence-electron chi connectivity index (χ1n) is 7.11. The van der Waals surface area contributed by atoms with Crippen molar-refractivity contribution < 1.29 is 14.3 Å². The molecule has 22 heavy (non-hydrogen) atoms. The van der Waals surface area contributed by atoms with Crippen LogP contribution in [0.25, 0.3) is 0 Å². The second kappa shape index (κ2) is 7.56. The Kier molecular flexibility index (Phi) is 5.48. The van der Waals surface area contributed by atoms with E-state index >= 15 is 0 Å². The average Bonchev–Trinajstić information content (AvgIpc) is 2.98. The quantitative estimate of drug-likeness (QED) is 0.706. The van der Waals surface area contributed by atoms with Gasteiger partial charge in [-0.25, -0.2) is 0 Å². The van der Waals surface area contributed by atoms with Crippen LogP contribution in [0, 0.1) is 0 Å². The highest BCUT2D eigenvalue weighted by Gasteiger charge is 2.34. The first-order valence-corrected chi connectivity index (χ1v) is 7.11. The molecule has 2 rings (SSSR count). The standard InChI is InChI=1S/C15H20N4O3/c1-22-9-5-8-17-15(21)12-10-13(14(16)20)19(18-12)11-6-3-2-4-7-11/h2-4,6-7,13H,5,8-10H2,1H3,(H2,16,20)(H,17,21). The van der Waals surface area contributed by atoms with E-state index in [1.807, 2.05) is 30.3 Å². The largest absolute Gasteiger partial charge is 0.385 e. The summed E-state index contributed by atoms with van der Waals surface area (Å²) in [5.41, 5.74) is 6.47.